The van der Waals surface area contributed by atoms with Crippen molar-refractivity contribution in [2.24, 2.45) is 0 Å². The number of nitrogens with zero attached hydrogens (tertiary/aromatic N) is 1. The molecule has 2 amide bonds. The van der Waals surface area contributed by atoms with E-state index in [0.717, 1.165) is 25.1 Å². The third kappa shape index (κ3) is 2.31. The Bertz CT molecular complexity index is 563. The highest BCUT2D eigenvalue weighted by Crippen LogP contribution is 2.21. The molecule has 0 fully saturated rings. The molecule has 0 spiro atoms. The molecule has 1 aromatic carbocycles. The van der Waals surface area contributed by atoms with E-state index < -0.39 is 0 Å². The lowest BCUT2D eigenvalue weighted by Crippen LogP contribution is -2.43. The third-order valence-electron chi connectivity index (χ3n) is 3.65. The largest absolute Gasteiger partial charge is 0.313 e. The van der Waals surface area contributed by atoms with E-state index in [1.807, 2.05) is 18.2 Å². The normalized spacial score (nSPS) is 19.2. The maximum Gasteiger partial charge on any atom is 0.261 e. The van der Waals surface area contributed by atoms with Gasteiger partial charge in [-0.15, -0.1) is 0 Å². The van der Waals surface area contributed by atoms with E-state index in [1.165, 1.54) is 10.5 Å². The summed E-state index contributed by atoms with van der Waals surface area (Å²) in [5, 5.41) is 3.23. The summed E-state index contributed by atoms with van der Waals surface area (Å²) in [7, 11) is 0. The zero-order valence-corrected chi connectivity index (χ0v) is 10.7. The molecule has 19 heavy (non-hydrogen) atoms. The lowest BCUT2D eigenvalue weighted by Gasteiger charge is -2.28. The fraction of sp³-hybridized carbons (Fsp3) is 0.333. The number of imide groups is 1. The van der Waals surface area contributed by atoms with Gasteiger partial charge in [-0.25, -0.2) is 0 Å². The van der Waals surface area contributed by atoms with Crippen LogP contribution in [0.4, 0.5) is 0 Å². The second kappa shape index (κ2) is 4.97. The molecule has 0 atom stereocenters. The molecule has 1 N–H and O–H groups in total. The van der Waals surface area contributed by atoms with Gasteiger partial charge < -0.3 is 5.32 Å². The minimum atomic E-state index is -0.161. The number of rotatable bonds is 2. The first kappa shape index (κ1) is 12.1. The molecule has 2 heterocycles. The molecule has 2 aliphatic rings. The minimum absolute atomic E-state index is 0.0943. The van der Waals surface area contributed by atoms with Gasteiger partial charge in [-0.2, -0.15) is 0 Å². The zero-order chi connectivity index (χ0) is 13.2. The molecule has 3 rings (SSSR count). The number of hydrogen-bond acceptors (Lipinski definition) is 3. The number of amides is 2. The van der Waals surface area contributed by atoms with Crippen LogP contribution in [-0.2, 0) is 11.2 Å². The first-order valence-electron chi connectivity index (χ1n) is 6.57. The summed E-state index contributed by atoms with van der Waals surface area (Å²) in [6.45, 7) is 2.18. The maximum atomic E-state index is 12.4. The fourth-order valence-electron chi connectivity index (χ4n) is 2.58. The zero-order valence-electron chi connectivity index (χ0n) is 10.7. The molecule has 1 aromatic rings. The maximum absolute atomic E-state index is 12.4. The molecule has 0 radical (unpaired) electrons. The lowest BCUT2D eigenvalue weighted by molar-refractivity contribution is -0.128. The Morgan fingerprint density at radius 2 is 2.05 bits per heavy atom. The number of benzene rings is 1. The molecule has 0 unspecified atom stereocenters. The average molecular weight is 256 g/mol. The van der Waals surface area contributed by atoms with Crippen molar-refractivity contribution < 1.29 is 9.59 Å². The smallest absolute Gasteiger partial charge is 0.261 e. The summed E-state index contributed by atoms with van der Waals surface area (Å²) in [6, 6.07) is 7.36. The van der Waals surface area contributed by atoms with Gasteiger partial charge in [0.05, 0.1) is 13.0 Å². The summed E-state index contributed by atoms with van der Waals surface area (Å²) in [5.74, 6) is -0.255. The predicted molar refractivity (Wildman–Crippen MR) is 71.8 cm³/mol. The number of fused-ring (bicyclic) bond motifs is 1. The van der Waals surface area contributed by atoms with Crippen molar-refractivity contribution in [1.29, 1.82) is 0 Å². The van der Waals surface area contributed by atoms with Gasteiger partial charge in [0.2, 0.25) is 5.91 Å². The highest BCUT2D eigenvalue weighted by molar-refractivity contribution is 6.09. The highest BCUT2D eigenvalue weighted by atomic mass is 16.2. The highest BCUT2D eigenvalue weighted by Gasteiger charge is 2.30. The SMILES string of the molecule is O=C1Cc2ccccc2C(=O)N1CC1=CCNCC1. The predicted octanol–water partition coefficient (Wildman–Crippen LogP) is 1.13. The number of hydrogen-bond donors (Lipinski definition) is 1. The van der Waals surface area contributed by atoms with Gasteiger partial charge in [-0.1, -0.05) is 29.8 Å². The molecule has 4 heteroatoms. The van der Waals surface area contributed by atoms with Crippen LogP contribution < -0.4 is 5.32 Å². The Hall–Kier alpha value is -1.94. The minimum Gasteiger partial charge on any atom is -0.313 e. The van der Waals surface area contributed by atoms with Gasteiger partial charge in [0.25, 0.3) is 5.91 Å². The molecule has 4 nitrogen and oxygen atoms in total. The van der Waals surface area contributed by atoms with Crippen molar-refractivity contribution >= 4 is 11.8 Å². The molecule has 98 valence electrons. The second-order valence-electron chi connectivity index (χ2n) is 4.94. The molecular formula is C15H16N2O2. The molecule has 2 aliphatic heterocycles. The van der Waals surface area contributed by atoms with Crippen LogP contribution in [0, 0.1) is 0 Å². The number of carbonyl (C=O) groups is 2. The summed E-state index contributed by atoms with van der Waals surface area (Å²) >= 11 is 0. The number of carbonyl (C=O) groups excluding carboxylic acids is 2. The summed E-state index contributed by atoms with van der Waals surface area (Å²) in [4.78, 5) is 25.9. The first-order valence-corrected chi connectivity index (χ1v) is 6.57. The van der Waals surface area contributed by atoms with Crippen LogP contribution in [-0.4, -0.2) is 36.3 Å². The van der Waals surface area contributed by atoms with E-state index >= 15 is 0 Å². The standard InChI is InChI=1S/C15H16N2O2/c18-14-9-12-3-1-2-4-13(12)15(19)17(14)10-11-5-7-16-8-6-11/h1-5,16H,6-10H2. The van der Waals surface area contributed by atoms with Crippen molar-refractivity contribution in [1.82, 2.24) is 10.2 Å². The molecule has 0 bridgehead atoms. The van der Waals surface area contributed by atoms with Crippen LogP contribution in [0.25, 0.3) is 0 Å². The van der Waals surface area contributed by atoms with E-state index in [0.29, 0.717) is 18.5 Å². The summed E-state index contributed by atoms with van der Waals surface area (Å²) in [5.41, 5.74) is 2.67. The second-order valence-corrected chi connectivity index (χ2v) is 4.94. The third-order valence-corrected chi connectivity index (χ3v) is 3.65. The van der Waals surface area contributed by atoms with Crippen LogP contribution in [0.15, 0.2) is 35.9 Å². The van der Waals surface area contributed by atoms with E-state index in [-0.39, 0.29) is 11.8 Å². The lowest BCUT2D eigenvalue weighted by atomic mass is 9.97. The van der Waals surface area contributed by atoms with Gasteiger partial charge in [0, 0.05) is 12.1 Å². The van der Waals surface area contributed by atoms with Crippen LogP contribution >= 0.6 is 0 Å². The van der Waals surface area contributed by atoms with Gasteiger partial charge >= 0.3 is 0 Å². The van der Waals surface area contributed by atoms with Crippen molar-refractivity contribution in [3.05, 3.63) is 47.0 Å². The van der Waals surface area contributed by atoms with Gasteiger partial charge in [-0.3, -0.25) is 14.5 Å². The average Bonchev–Trinajstić information content (AvgIpc) is 2.45. The molecule has 0 aliphatic carbocycles. The molecular weight excluding hydrogens is 240 g/mol. The Morgan fingerprint density at radius 1 is 1.21 bits per heavy atom. The molecule has 0 aromatic heterocycles. The Morgan fingerprint density at radius 3 is 2.84 bits per heavy atom. The monoisotopic (exact) mass is 256 g/mol. The summed E-state index contributed by atoms with van der Waals surface area (Å²) < 4.78 is 0. The van der Waals surface area contributed by atoms with Crippen LogP contribution in [0.1, 0.15) is 22.3 Å². The van der Waals surface area contributed by atoms with Crippen LogP contribution in [0.3, 0.4) is 0 Å². The van der Waals surface area contributed by atoms with Gasteiger partial charge in [0.15, 0.2) is 0 Å². The molecule has 0 saturated carbocycles. The van der Waals surface area contributed by atoms with E-state index in [9.17, 15) is 9.59 Å². The fourth-order valence-corrected chi connectivity index (χ4v) is 2.58. The van der Waals surface area contributed by atoms with Crippen molar-refractivity contribution in [3.63, 3.8) is 0 Å². The van der Waals surface area contributed by atoms with Gasteiger partial charge in [0.1, 0.15) is 0 Å². The Labute approximate surface area is 112 Å². The van der Waals surface area contributed by atoms with Crippen molar-refractivity contribution in [2.45, 2.75) is 12.8 Å². The van der Waals surface area contributed by atoms with E-state index in [4.69, 9.17) is 0 Å². The Kier molecular flexibility index (Phi) is 3.17. The van der Waals surface area contributed by atoms with Crippen molar-refractivity contribution in [2.75, 3.05) is 19.6 Å². The van der Waals surface area contributed by atoms with Crippen LogP contribution in [0.5, 0.6) is 0 Å². The first-order chi connectivity index (χ1) is 9.25. The van der Waals surface area contributed by atoms with Crippen molar-refractivity contribution in [3.8, 4) is 0 Å². The van der Waals surface area contributed by atoms with Crippen LogP contribution in [0.2, 0.25) is 0 Å². The number of nitrogens with one attached hydrogen (secondary N) is 1. The quantitative estimate of drug-likeness (QED) is 0.637. The Balaban J connectivity index is 1.85. The van der Waals surface area contributed by atoms with E-state index in [2.05, 4.69) is 11.4 Å². The summed E-state index contributed by atoms with van der Waals surface area (Å²) in [6.07, 6.45) is 3.30. The molecule has 0 saturated heterocycles. The topological polar surface area (TPSA) is 49.4 Å². The van der Waals surface area contributed by atoms with Gasteiger partial charge in [-0.05, 0) is 24.6 Å². The van der Waals surface area contributed by atoms with E-state index in [1.54, 1.807) is 6.07 Å².